The zero-order valence-electron chi connectivity index (χ0n) is 47.8. The Kier molecular flexibility index (Phi) is 21.4. The number of aryl methyl sites for hydroxylation is 2. The fourth-order valence-electron chi connectivity index (χ4n) is 11.6. The van der Waals surface area contributed by atoms with Crippen LogP contribution in [0.3, 0.4) is 0 Å². The van der Waals surface area contributed by atoms with Gasteiger partial charge in [0.25, 0.3) is 0 Å². The van der Waals surface area contributed by atoms with E-state index in [1.807, 2.05) is 77.9 Å². The SMILES string of the molecule is CN[C@@H](C)C(=O)C[C@H](C(=O)N1C[C@@H](NC(=O)CCCCCCCC(=O)N[C@H]2C[C@@H](C(=O)N[C@@H]3CCCc4ccccc43)N(C(=O)[C@@H](NC(=O)[C@H](C)NC)C(C)(C)C)C2)C[C@H]1C(=O)N[C@@H]1CCCc2ccccc21)C(C)(C)C. The number of nitrogens with one attached hydrogen (secondary N) is 7. The van der Waals surface area contributed by atoms with Crippen LogP contribution in [0, 0.1) is 16.7 Å². The van der Waals surface area contributed by atoms with Crippen molar-refractivity contribution in [2.45, 2.75) is 212 Å². The molecule has 0 bridgehead atoms. The average Bonchev–Trinajstić information content (AvgIpc) is 4.05. The summed E-state index contributed by atoms with van der Waals surface area (Å²) in [7, 11) is 3.39. The lowest BCUT2D eigenvalue weighted by molar-refractivity contribution is -0.146. The van der Waals surface area contributed by atoms with Gasteiger partial charge in [-0.3, -0.25) is 38.4 Å². The van der Waals surface area contributed by atoms with Crippen molar-refractivity contribution in [3.05, 3.63) is 70.8 Å². The number of fused-ring (bicyclic) bond motifs is 2. The van der Waals surface area contributed by atoms with E-state index in [2.05, 4.69) is 49.4 Å². The van der Waals surface area contributed by atoms with Crippen molar-refractivity contribution in [3.63, 3.8) is 0 Å². The first-order chi connectivity index (χ1) is 36.5. The molecule has 2 heterocycles. The van der Waals surface area contributed by atoms with Gasteiger partial charge in [0.2, 0.25) is 41.4 Å². The van der Waals surface area contributed by atoms with Crippen LogP contribution < -0.4 is 37.2 Å². The Morgan fingerprint density at radius 1 is 0.571 bits per heavy atom. The Balaban J connectivity index is 1.00. The van der Waals surface area contributed by atoms with Gasteiger partial charge >= 0.3 is 0 Å². The maximum atomic E-state index is 14.6. The van der Waals surface area contributed by atoms with Crippen LogP contribution in [0.15, 0.2) is 48.5 Å². The first-order valence-electron chi connectivity index (χ1n) is 28.6. The number of amides is 7. The van der Waals surface area contributed by atoms with Crippen molar-refractivity contribution in [2.75, 3.05) is 27.2 Å². The molecule has 2 fully saturated rings. The first-order valence-corrected chi connectivity index (χ1v) is 28.6. The Labute approximate surface area is 458 Å². The second-order valence-electron chi connectivity index (χ2n) is 24.5. The number of Topliss-reactive ketones (excluding diaryl/α,β-unsaturated/α-hetero) is 1. The highest BCUT2D eigenvalue weighted by Crippen LogP contribution is 2.36. The van der Waals surface area contributed by atoms with Gasteiger partial charge in [0.1, 0.15) is 23.9 Å². The number of carbonyl (C=O) groups is 8. The standard InChI is InChI=1S/C60H91N9O8/c1-37(61-9)50(70)34-45(59(3,4)5)57(76)68-35-41(32-48(68)55(74)65-46-28-20-24-39-22-16-18-26-43(39)46)63-51(71)30-14-12-11-13-15-31-52(72)64-42-33-49(56(75)66-47-29-21-25-40-23-17-19-27-44(40)47)69(36-42)58(77)53(60(6,7)8)67-54(73)38(2)62-10/h16-19,22-23,26-27,37-38,41-42,45-49,53,61-62H,11-15,20-21,24-25,28-36H2,1-10H3,(H,63,71)(H,64,72)(H,65,74)(H,66,75)(H,67,73)/t37-,38-,41-,42-,45+,46+,47+,48-,49-,53+/m0/s1. The summed E-state index contributed by atoms with van der Waals surface area (Å²) in [6.45, 7) is 15.2. The van der Waals surface area contributed by atoms with Crippen molar-refractivity contribution in [3.8, 4) is 0 Å². The van der Waals surface area contributed by atoms with Crippen molar-refractivity contribution >= 4 is 47.1 Å². The molecule has 6 rings (SSSR count). The molecular weight excluding hydrogens is 975 g/mol. The van der Waals surface area contributed by atoms with Crippen molar-refractivity contribution in [1.29, 1.82) is 0 Å². The molecule has 17 nitrogen and oxygen atoms in total. The second-order valence-corrected chi connectivity index (χ2v) is 24.5. The molecule has 7 N–H and O–H groups in total. The molecule has 7 amide bonds. The maximum Gasteiger partial charge on any atom is 0.246 e. The van der Waals surface area contributed by atoms with E-state index in [4.69, 9.17) is 0 Å². The molecular formula is C60H91N9O8. The number of rotatable bonds is 23. The van der Waals surface area contributed by atoms with E-state index in [9.17, 15) is 38.4 Å². The summed E-state index contributed by atoms with van der Waals surface area (Å²) in [4.78, 5) is 114. The molecule has 2 aromatic rings. The minimum atomic E-state index is -0.917. The molecule has 0 radical (unpaired) electrons. The van der Waals surface area contributed by atoms with Crippen LogP contribution in [0.5, 0.6) is 0 Å². The Morgan fingerprint density at radius 2 is 1.01 bits per heavy atom. The van der Waals surface area contributed by atoms with Crippen molar-refractivity contribution in [2.24, 2.45) is 16.7 Å². The van der Waals surface area contributed by atoms with Crippen LogP contribution in [0.1, 0.15) is 180 Å². The molecule has 77 heavy (non-hydrogen) atoms. The minimum absolute atomic E-state index is 0.0318. The number of hydrogen-bond donors (Lipinski definition) is 7. The molecule has 17 heteroatoms. The summed E-state index contributed by atoms with van der Waals surface area (Å²) in [5.74, 6) is -2.56. The van der Waals surface area contributed by atoms with E-state index in [0.717, 1.165) is 68.9 Å². The molecule has 0 aromatic heterocycles. The largest absolute Gasteiger partial charge is 0.351 e. The number of nitrogens with zero attached hydrogens (tertiary/aromatic N) is 2. The predicted molar refractivity (Wildman–Crippen MR) is 298 cm³/mol. The van der Waals surface area contributed by atoms with E-state index in [1.165, 1.54) is 11.1 Å². The fourth-order valence-corrected chi connectivity index (χ4v) is 11.6. The lowest BCUT2D eigenvalue weighted by Crippen LogP contribution is -2.59. The van der Waals surface area contributed by atoms with E-state index in [1.54, 1.807) is 37.7 Å². The lowest BCUT2D eigenvalue weighted by Gasteiger charge is -2.36. The zero-order valence-corrected chi connectivity index (χ0v) is 47.8. The molecule has 0 unspecified atom stereocenters. The van der Waals surface area contributed by atoms with Crippen molar-refractivity contribution in [1.82, 2.24) is 47.0 Å². The quantitative estimate of drug-likeness (QED) is 0.0678. The van der Waals surface area contributed by atoms with E-state index in [-0.39, 0.29) is 104 Å². The number of ketones is 1. The van der Waals surface area contributed by atoms with Gasteiger partial charge in [-0.2, -0.15) is 0 Å². The van der Waals surface area contributed by atoms with Gasteiger partial charge in [-0.1, -0.05) is 109 Å². The van der Waals surface area contributed by atoms with Gasteiger partial charge in [-0.25, -0.2) is 0 Å². The van der Waals surface area contributed by atoms with Crippen LogP contribution in [-0.4, -0.2) is 126 Å². The molecule has 10 atom stereocenters. The highest BCUT2D eigenvalue weighted by molar-refractivity contribution is 5.95. The molecule has 0 spiro atoms. The third-order valence-corrected chi connectivity index (χ3v) is 16.6. The monoisotopic (exact) mass is 1070 g/mol. The van der Waals surface area contributed by atoms with Gasteiger partial charge in [-0.05, 0) is 125 Å². The molecule has 424 valence electrons. The van der Waals surface area contributed by atoms with Crippen LogP contribution in [0.2, 0.25) is 0 Å². The first kappa shape index (κ1) is 60.5. The Bertz CT molecular complexity index is 2250. The van der Waals surface area contributed by atoms with Gasteiger partial charge in [0, 0.05) is 50.4 Å². The number of likely N-dealkylation sites (N-methyl/N-ethyl adjacent to an activating group) is 2. The fraction of sp³-hybridized carbons (Fsp3) is 0.667. The number of hydrogen-bond acceptors (Lipinski definition) is 10. The third-order valence-electron chi connectivity index (χ3n) is 16.6. The number of unbranched alkanes of at least 4 members (excludes halogenated alkanes) is 4. The van der Waals surface area contributed by atoms with Crippen LogP contribution in [0.4, 0.5) is 0 Å². The molecule has 2 aliphatic heterocycles. The summed E-state index contributed by atoms with van der Waals surface area (Å²) in [5.41, 5.74) is 3.34. The summed E-state index contributed by atoms with van der Waals surface area (Å²) in [5, 5.41) is 21.6. The van der Waals surface area contributed by atoms with Crippen molar-refractivity contribution < 1.29 is 38.4 Å². The minimum Gasteiger partial charge on any atom is -0.351 e. The molecule has 0 saturated carbocycles. The number of likely N-dealkylation sites (tertiary alicyclic amines) is 2. The van der Waals surface area contributed by atoms with Crippen LogP contribution in [-0.2, 0) is 51.2 Å². The van der Waals surface area contributed by atoms with Gasteiger partial charge < -0.3 is 47.0 Å². The van der Waals surface area contributed by atoms with E-state index < -0.39 is 59.0 Å². The normalized spacial score (nSPS) is 22.8. The highest BCUT2D eigenvalue weighted by atomic mass is 16.2. The maximum absolute atomic E-state index is 14.6. The van der Waals surface area contributed by atoms with Gasteiger partial charge in [0.05, 0.1) is 24.2 Å². The van der Waals surface area contributed by atoms with Crippen LogP contribution in [0.25, 0.3) is 0 Å². The molecule has 4 aliphatic rings. The smallest absolute Gasteiger partial charge is 0.246 e. The Morgan fingerprint density at radius 3 is 1.45 bits per heavy atom. The summed E-state index contributed by atoms with van der Waals surface area (Å²) < 4.78 is 0. The van der Waals surface area contributed by atoms with E-state index in [0.29, 0.717) is 12.8 Å². The Hall–Kier alpha value is -5.68. The van der Waals surface area contributed by atoms with Gasteiger partial charge in [0.15, 0.2) is 0 Å². The van der Waals surface area contributed by atoms with E-state index >= 15 is 0 Å². The topological polar surface area (TPSA) is 227 Å². The number of carbonyl (C=O) groups excluding carboxylic acids is 8. The molecule has 2 aliphatic carbocycles. The molecule has 2 aromatic carbocycles. The molecule has 2 saturated heterocycles. The summed E-state index contributed by atoms with van der Waals surface area (Å²) in [6.07, 6.45) is 9.99. The second kappa shape index (κ2) is 27.3. The average molecular weight is 1070 g/mol. The summed E-state index contributed by atoms with van der Waals surface area (Å²) >= 11 is 0. The van der Waals surface area contributed by atoms with Gasteiger partial charge in [-0.15, -0.1) is 0 Å². The predicted octanol–water partition coefficient (Wildman–Crippen LogP) is 5.64. The highest BCUT2D eigenvalue weighted by Gasteiger charge is 2.48. The third kappa shape index (κ3) is 16.2. The number of benzene rings is 2. The zero-order chi connectivity index (χ0) is 56.2. The summed E-state index contributed by atoms with van der Waals surface area (Å²) in [6, 6.07) is 11.4. The van der Waals surface area contributed by atoms with Crippen LogP contribution >= 0.6 is 0 Å². The lowest BCUT2D eigenvalue weighted by atomic mass is 9.76.